The van der Waals surface area contributed by atoms with Crippen LogP contribution in [0.2, 0.25) is 0 Å². The summed E-state index contributed by atoms with van der Waals surface area (Å²) < 4.78 is 4.58. The zero-order valence-corrected chi connectivity index (χ0v) is 29.6. The predicted molar refractivity (Wildman–Crippen MR) is 225 cm³/mol. The van der Waals surface area contributed by atoms with Gasteiger partial charge in [0.15, 0.2) is 0 Å². The zero-order chi connectivity index (χ0) is 36.9. The number of hydrogen-bond acceptors (Lipinski definition) is 3. The second-order valence-corrected chi connectivity index (χ2v) is 13.6. The molecule has 2 aromatic heterocycles. The van der Waals surface area contributed by atoms with Crippen LogP contribution in [0.25, 0.3) is 66.1 Å². The van der Waals surface area contributed by atoms with Crippen molar-refractivity contribution in [2.45, 2.75) is 0 Å². The fourth-order valence-corrected chi connectivity index (χ4v) is 8.18. The molecular formula is C50H31N5. The Balaban J connectivity index is 1.26. The Morgan fingerprint density at radius 2 is 0.745 bits per heavy atom. The van der Waals surface area contributed by atoms with Crippen LogP contribution in [0.15, 0.2) is 188 Å². The molecule has 0 atom stereocenters. The van der Waals surface area contributed by atoms with Gasteiger partial charge >= 0.3 is 0 Å². The van der Waals surface area contributed by atoms with Crippen molar-refractivity contribution in [2.24, 2.45) is 0 Å². The highest BCUT2D eigenvalue weighted by atomic mass is 15.1. The van der Waals surface area contributed by atoms with Gasteiger partial charge < -0.3 is 14.0 Å². The lowest BCUT2D eigenvalue weighted by atomic mass is 9.97. The molecule has 10 aromatic rings. The second-order valence-electron chi connectivity index (χ2n) is 13.6. The van der Waals surface area contributed by atoms with E-state index in [-0.39, 0.29) is 0 Å². The fourth-order valence-electron chi connectivity index (χ4n) is 8.18. The summed E-state index contributed by atoms with van der Waals surface area (Å²) in [4.78, 5) is 2.28. The van der Waals surface area contributed by atoms with Crippen LogP contribution in [0.1, 0.15) is 11.1 Å². The van der Waals surface area contributed by atoms with Crippen LogP contribution in [0.3, 0.4) is 0 Å². The summed E-state index contributed by atoms with van der Waals surface area (Å²) in [6, 6.07) is 69.4. The third-order valence-corrected chi connectivity index (χ3v) is 10.5. The van der Waals surface area contributed by atoms with Gasteiger partial charge in [0, 0.05) is 49.7 Å². The molecule has 55 heavy (non-hydrogen) atoms. The minimum atomic E-state index is 0.540. The van der Waals surface area contributed by atoms with Gasteiger partial charge in [-0.15, -0.1) is 0 Å². The van der Waals surface area contributed by atoms with Crippen LogP contribution in [-0.4, -0.2) is 9.13 Å². The lowest BCUT2D eigenvalue weighted by Gasteiger charge is -2.25. The standard InChI is InChI=1S/C50H31N5/c51-32-34-23-26-48(54-45-20-10-7-17-39(45)40-18-8-11-21-46(40)54)42(29-34)43-30-35(33-52)24-27-49(43)55-47-22-12-9-19-41(47)44-31-38(25-28-50(44)55)53(36-13-3-1-4-14-36)37-15-5-2-6-16-37/h1-31H. The Kier molecular flexibility index (Phi) is 7.51. The van der Waals surface area contributed by atoms with E-state index in [0.29, 0.717) is 11.1 Å². The SMILES string of the molecule is N#Cc1ccc(-n2c3ccccc3c3ccccc32)c(-c2cc(C#N)ccc2-n2c3ccccc3c3cc(N(c4ccccc4)c4ccccc4)ccc32)c1. The van der Waals surface area contributed by atoms with Gasteiger partial charge in [0.05, 0.1) is 56.7 Å². The Hall–Kier alpha value is -7.86. The van der Waals surface area contributed by atoms with E-state index >= 15 is 0 Å². The molecule has 0 aliphatic heterocycles. The Bertz CT molecular complexity index is 3080. The number of aromatic nitrogens is 2. The van der Waals surface area contributed by atoms with Gasteiger partial charge in [-0.2, -0.15) is 10.5 Å². The van der Waals surface area contributed by atoms with E-state index < -0.39 is 0 Å². The third kappa shape index (κ3) is 5.15. The molecule has 5 heteroatoms. The molecule has 2 heterocycles. The molecule has 0 spiro atoms. The molecule has 0 N–H and O–H groups in total. The number of anilines is 3. The summed E-state index contributed by atoms with van der Waals surface area (Å²) in [6.45, 7) is 0. The molecular weight excluding hydrogens is 671 g/mol. The topological polar surface area (TPSA) is 60.7 Å². The zero-order valence-electron chi connectivity index (χ0n) is 29.6. The van der Waals surface area contributed by atoms with Crippen molar-refractivity contribution >= 4 is 60.7 Å². The van der Waals surface area contributed by atoms with E-state index in [1.165, 1.54) is 0 Å². The van der Waals surface area contributed by atoms with Crippen molar-refractivity contribution in [3.63, 3.8) is 0 Å². The molecule has 0 unspecified atom stereocenters. The molecule has 0 bridgehead atoms. The molecule has 0 saturated heterocycles. The normalized spacial score (nSPS) is 11.2. The Morgan fingerprint density at radius 3 is 1.20 bits per heavy atom. The van der Waals surface area contributed by atoms with Crippen LogP contribution in [0.5, 0.6) is 0 Å². The van der Waals surface area contributed by atoms with Gasteiger partial charge in [-0.1, -0.05) is 91.0 Å². The van der Waals surface area contributed by atoms with Gasteiger partial charge in [0.1, 0.15) is 0 Å². The highest BCUT2D eigenvalue weighted by Gasteiger charge is 2.22. The summed E-state index contributed by atoms with van der Waals surface area (Å²) in [7, 11) is 0. The molecule has 0 aliphatic rings. The lowest BCUT2D eigenvalue weighted by Crippen LogP contribution is -2.09. The lowest BCUT2D eigenvalue weighted by molar-refractivity contribution is 1.16. The molecule has 0 saturated carbocycles. The highest BCUT2D eigenvalue weighted by Crippen LogP contribution is 2.43. The van der Waals surface area contributed by atoms with Gasteiger partial charge in [0.25, 0.3) is 0 Å². The van der Waals surface area contributed by atoms with E-state index in [2.05, 4.69) is 166 Å². The van der Waals surface area contributed by atoms with Crippen LogP contribution >= 0.6 is 0 Å². The van der Waals surface area contributed by atoms with Crippen LogP contribution in [0, 0.1) is 22.7 Å². The summed E-state index contributed by atoms with van der Waals surface area (Å²) in [5, 5.41) is 25.0. The largest absolute Gasteiger partial charge is 0.310 e. The van der Waals surface area contributed by atoms with Crippen LogP contribution in [-0.2, 0) is 0 Å². The van der Waals surface area contributed by atoms with Crippen LogP contribution in [0.4, 0.5) is 17.1 Å². The first-order valence-electron chi connectivity index (χ1n) is 18.2. The van der Waals surface area contributed by atoms with E-state index in [0.717, 1.165) is 83.2 Å². The van der Waals surface area contributed by atoms with Gasteiger partial charge in [0.2, 0.25) is 0 Å². The molecule has 0 amide bonds. The predicted octanol–water partition coefficient (Wildman–Crippen LogP) is 12.8. The van der Waals surface area contributed by atoms with Crippen molar-refractivity contribution in [3.8, 4) is 34.6 Å². The number of fused-ring (bicyclic) bond motifs is 6. The molecule has 0 fully saturated rings. The highest BCUT2D eigenvalue weighted by molar-refractivity contribution is 6.12. The van der Waals surface area contributed by atoms with Crippen molar-refractivity contribution in [1.29, 1.82) is 10.5 Å². The molecule has 5 nitrogen and oxygen atoms in total. The minimum Gasteiger partial charge on any atom is -0.310 e. The van der Waals surface area contributed by atoms with E-state index in [1.54, 1.807) is 0 Å². The number of nitriles is 2. The quantitative estimate of drug-likeness (QED) is 0.173. The first-order chi connectivity index (χ1) is 27.2. The third-order valence-electron chi connectivity index (χ3n) is 10.5. The monoisotopic (exact) mass is 701 g/mol. The van der Waals surface area contributed by atoms with Crippen molar-refractivity contribution in [2.75, 3.05) is 4.90 Å². The fraction of sp³-hybridized carbons (Fsp3) is 0. The number of nitrogens with zero attached hydrogens (tertiary/aromatic N) is 5. The maximum Gasteiger partial charge on any atom is 0.0991 e. The summed E-state index contributed by atoms with van der Waals surface area (Å²) in [5.74, 6) is 0. The maximum absolute atomic E-state index is 10.3. The number of para-hydroxylation sites is 5. The summed E-state index contributed by atoms with van der Waals surface area (Å²) >= 11 is 0. The van der Waals surface area contributed by atoms with Gasteiger partial charge in [-0.05, 0) is 97.1 Å². The molecule has 8 aromatic carbocycles. The van der Waals surface area contributed by atoms with Crippen molar-refractivity contribution < 1.29 is 0 Å². The number of hydrogen-bond donors (Lipinski definition) is 0. The Labute approximate surface area is 318 Å². The molecule has 256 valence electrons. The van der Waals surface area contributed by atoms with E-state index in [9.17, 15) is 10.5 Å². The second kappa shape index (κ2) is 13.0. The molecule has 0 aliphatic carbocycles. The van der Waals surface area contributed by atoms with Crippen molar-refractivity contribution in [3.05, 3.63) is 199 Å². The average Bonchev–Trinajstić information content (AvgIpc) is 3.77. The van der Waals surface area contributed by atoms with Gasteiger partial charge in [-0.3, -0.25) is 0 Å². The maximum atomic E-state index is 10.3. The first-order valence-corrected chi connectivity index (χ1v) is 18.2. The van der Waals surface area contributed by atoms with E-state index in [4.69, 9.17) is 0 Å². The van der Waals surface area contributed by atoms with E-state index in [1.807, 2.05) is 48.5 Å². The average molecular weight is 702 g/mol. The number of rotatable bonds is 6. The minimum absolute atomic E-state index is 0.540. The van der Waals surface area contributed by atoms with Gasteiger partial charge in [-0.25, -0.2) is 0 Å². The summed E-state index contributed by atoms with van der Waals surface area (Å²) in [5.41, 5.74) is 12.0. The molecule has 10 rings (SSSR count). The smallest absolute Gasteiger partial charge is 0.0991 e. The van der Waals surface area contributed by atoms with Crippen molar-refractivity contribution in [1.82, 2.24) is 9.13 Å². The molecule has 0 radical (unpaired) electrons. The van der Waals surface area contributed by atoms with Crippen LogP contribution < -0.4 is 4.90 Å². The summed E-state index contributed by atoms with van der Waals surface area (Å²) in [6.07, 6.45) is 0. The number of benzene rings is 8. The Morgan fingerprint density at radius 1 is 0.345 bits per heavy atom. The first kappa shape index (κ1) is 31.8.